The summed E-state index contributed by atoms with van der Waals surface area (Å²) >= 11 is 0. The second-order valence-electron chi connectivity index (χ2n) is 4.22. The molecule has 0 heterocycles. The summed E-state index contributed by atoms with van der Waals surface area (Å²) in [6.07, 6.45) is 5.34. The Balaban J connectivity index is 3.62. The molecule has 0 aromatic rings. The first-order chi connectivity index (χ1) is 6.83. The van der Waals surface area contributed by atoms with Crippen LogP contribution in [0.4, 0.5) is 0 Å². The lowest BCUT2D eigenvalue weighted by Gasteiger charge is -2.32. The Bertz CT molecular complexity index is 195. The van der Waals surface area contributed by atoms with E-state index in [0.717, 1.165) is 23.0 Å². The van der Waals surface area contributed by atoms with Crippen LogP contribution in [0.1, 0.15) is 13.3 Å². The van der Waals surface area contributed by atoms with Gasteiger partial charge in [-0.3, -0.25) is 4.79 Å². The van der Waals surface area contributed by atoms with Crippen LogP contribution in [0.5, 0.6) is 0 Å². The lowest BCUT2D eigenvalue weighted by atomic mass is 10.5. The smallest absolute Gasteiger partial charge is 0.302 e. The summed E-state index contributed by atoms with van der Waals surface area (Å²) in [4.78, 5) is 10.6. The number of rotatable bonds is 7. The average Bonchev–Trinajstić information content (AvgIpc) is 2.01. The van der Waals surface area contributed by atoms with Crippen molar-refractivity contribution >= 4 is 16.0 Å². The van der Waals surface area contributed by atoms with Gasteiger partial charge in [0, 0.05) is 12.7 Å². The van der Waals surface area contributed by atoms with Crippen molar-refractivity contribution in [3.63, 3.8) is 0 Å². The van der Waals surface area contributed by atoms with Crippen LogP contribution in [0.25, 0.3) is 0 Å². The van der Waals surface area contributed by atoms with Gasteiger partial charge in [-0.05, 0) is 38.3 Å². The van der Waals surface area contributed by atoms with Gasteiger partial charge in [-0.2, -0.15) is 0 Å². The molecule has 0 amide bonds. The number of carbonyl (C=O) groups is 1. The molecular formula is C10H22NO3S-. The second-order valence-corrected chi connectivity index (χ2v) is 8.57. The molecule has 0 aromatic heterocycles. The molecule has 0 N–H and O–H groups in total. The number of carbonyl (C=O) groups excluding carboxylic acids is 1. The molecule has 0 aliphatic rings. The quantitative estimate of drug-likeness (QED) is 0.496. The van der Waals surface area contributed by atoms with Crippen LogP contribution in [0.15, 0.2) is 0 Å². The van der Waals surface area contributed by atoms with Crippen LogP contribution < -0.4 is 0 Å². The van der Waals surface area contributed by atoms with Gasteiger partial charge in [-0.15, -0.1) is 0 Å². The molecule has 0 spiro atoms. The number of nitrogens with zero attached hydrogens (tertiary/aromatic N) is 1. The van der Waals surface area contributed by atoms with Gasteiger partial charge in [0.05, 0.1) is 6.61 Å². The third kappa shape index (κ3) is 10.0. The first kappa shape index (κ1) is 14.7. The molecule has 0 fully saturated rings. The molecule has 0 aromatic carbocycles. The summed E-state index contributed by atoms with van der Waals surface area (Å²) < 4.78 is 4.91. The van der Waals surface area contributed by atoms with E-state index in [0.29, 0.717) is 13.2 Å². The highest BCUT2D eigenvalue weighted by Crippen LogP contribution is 2.39. The number of ether oxygens (including phenoxy) is 1. The first-order valence-corrected chi connectivity index (χ1v) is 7.82. The standard InChI is InChI=1S/C10H22NO3S/c1-10(12)14-7-9-15(3,4)8-5-6-11(2)13/h5-9H2,1-4H3/q-1. The van der Waals surface area contributed by atoms with Crippen LogP contribution >= 0.6 is 10.0 Å². The van der Waals surface area contributed by atoms with Gasteiger partial charge in [0.1, 0.15) is 0 Å². The van der Waals surface area contributed by atoms with E-state index in [1.54, 1.807) is 7.05 Å². The van der Waals surface area contributed by atoms with Crippen molar-refractivity contribution in [1.29, 1.82) is 0 Å². The van der Waals surface area contributed by atoms with Crippen LogP contribution in [-0.4, -0.2) is 55.2 Å². The number of hydrogen-bond acceptors (Lipinski definition) is 4. The Labute approximate surface area is 93.9 Å². The monoisotopic (exact) mass is 236 g/mol. The van der Waals surface area contributed by atoms with E-state index in [2.05, 4.69) is 12.5 Å². The van der Waals surface area contributed by atoms with Crippen LogP contribution in [0.2, 0.25) is 0 Å². The van der Waals surface area contributed by atoms with Crippen molar-refractivity contribution in [2.24, 2.45) is 0 Å². The van der Waals surface area contributed by atoms with Gasteiger partial charge in [0.25, 0.3) is 0 Å². The van der Waals surface area contributed by atoms with Crippen LogP contribution in [0, 0.1) is 5.21 Å². The third-order valence-corrected chi connectivity index (χ3v) is 4.78. The topological polar surface area (TPSA) is 52.6 Å². The predicted molar refractivity (Wildman–Crippen MR) is 66.4 cm³/mol. The summed E-state index contributed by atoms with van der Waals surface area (Å²) in [6, 6.07) is 0. The SMILES string of the molecule is CC(=O)OCCS(C)(C)CCCN(C)[O-]. The molecule has 0 radical (unpaired) electrons. The van der Waals surface area contributed by atoms with E-state index in [-0.39, 0.29) is 5.97 Å². The number of hydroxylamine groups is 2. The maximum atomic E-state index is 10.7. The fraction of sp³-hybridized carbons (Fsp3) is 0.900. The molecule has 0 unspecified atom stereocenters. The summed E-state index contributed by atoms with van der Waals surface area (Å²) in [6.45, 7) is 2.52. The van der Waals surface area contributed by atoms with Gasteiger partial charge in [0.2, 0.25) is 0 Å². The van der Waals surface area contributed by atoms with Crippen molar-refractivity contribution in [1.82, 2.24) is 5.06 Å². The van der Waals surface area contributed by atoms with E-state index in [1.165, 1.54) is 6.92 Å². The highest BCUT2D eigenvalue weighted by atomic mass is 32.3. The fourth-order valence-corrected chi connectivity index (χ4v) is 2.84. The molecule has 5 heteroatoms. The molecule has 0 saturated heterocycles. The molecule has 4 nitrogen and oxygen atoms in total. The van der Waals surface area contributed by atoms with Gasteiger partial charge < -0.3 is 15.0 Å². The van der Waals surface area contributed by atoms with E-state index >= 15 is 0 Å². The van der Waals surface area contributed by atoms with E-state index in [1.807, 2.05) is 0 Å². The van der Waals surface area contributed by atoms with Gasteiger partial charge >= 0.3 is 5.97 Å². The highest BCUT2D eigenvalue weighted by molar-refractivity contribution is 8.32. The molecule has 0 aliphatic carbocycles. The lowest BCUT2D eigenvalue weighted by molar-refractivity contribution is -0.140. The summed E-state index contributed by atoms with van der Waals surface area (Å²) in [5.74, 6) is 1.76. The highest BCUT2D eigenvalue weighted by Gasteiger charge is 2.11. The molecule has 15 heavy (non-hydrogen) atoms. The Hall–Kier alpha value is -0.260. The van der Waals surface area contributed by atoms with Crippen molar-refractivity contribution in [3.05, 3.63) is 5.21 Å². The minimum Gasteiger partial charge on any atom is -0.785 e. The third-order valence-electron chi connectivity index (χ3n) is 2.11. The second kappa shape index (κ2) is 7.09. The summed E-state index contributed by atoms with van der Waals surface area (Å²) in [5, 5.41) is 11.6. The summed E-state index contributed by atoms with van der Waals surface area (Å²) in [5.41, 5.74) is 0. The van der Waals surface area contributed by atoms with E-state index in [9.17, 15) is 10.0 Å². The zero-order valence-corrected chi connectivity index (χ0v) is 10.9. The van der Waals surface area contributed by atoms with Gasteiger partial charge in [0.15, 0.2) is 0 Å². The first-order valence-electron chi connectivity index (χ1n) is 5.04. The molecule has 0 rings (SSSR count). The molecule has 0 bridgehead atoms. The van der Waals surface area contributed by atoms with Crippen molar-refractivity contribution in [2.45, 2.75) is 13.3 Å². The zero-order valence-electron chi connectivity index (χ0n) is 10.1. The summed E-state index contributed by atoms with van der Waals surface area (Å²) in [7, 11) is 0.827. The van der Waals surface area contributed by atoms with Crippen LogP contribution in [-0.2, 0) is 9.53 Å². The largest absolute Gasteiger partial charge is 0.785 e. The van der Waals surface area contributed by atoms with E-state index in [4.69, 9.17) is 4.74 Å². The lowest BCUT2D eigenvalue weighted by Crippen LogP contribution is -2.17. The fourth-order valence-electron chi connectivity index (χ4n) is 1.19. The predicted octanol–water partition coefficient (Wildman–Crippen LogP) is 1.43. The molecule has 0 atom stereocenters. The Morgan fingerprint density at radius 2 is 2.00 bits per heavy atom. The Morgan fingerprint density at radius 3 is 2.47 bits per heavy atom. The van der Waals surface area contributed by atoms with Crippen molar-refractivity contribution < 1.29 is 9.53 Å². The van der Waals surface area contributed by atoms with E-state index < -0.39 is 10.0 Å². The van der Waals surface area contributed by atoms with Crippen molar-refractivity contribution in [3.8, 4) is 0 Å². The number of hydrogen-bond donors (Lipinski definition) is 0. The molecule has 92 valence electrons. The van der Waals surface area contributed by atoms with Gasteiger partial charge in [-0.25, -0.2) is 10.0 Å². The molecule has 0 saturated carbocycles. The minimum absolute atomic E-state index is 0.218. The maximum absolute atomic E-state index is 10.7. The average molecular weight is 236 g/mol. The number of esters is 1. The Morgan fingerprint density at radius 1 is 1.40 bits per heavy atom. The maximum Gasteiger partial charge on any atom is 0.302 e. The Kier molecular flexibility index (Phi) is 6.96. The molecular weight excluding hydrogens is 214 g/mol. The zero-order chi connectivity index (χ0) is 11.9. The normalized spacial score (nSPS) is 12.9. The van der Waals surface area contributed by atoms with Crippen LogP contribution in [0.3, 0.4) is 0 Å². The minimum atomic E-state index is -0.716. The van der Waals surface area contributed by atoms with Crippen molar-refractivity contribution in [2.75, 3.05) is 44.2 Å². The molecule has 0 aliphatic heterocycles. The van der Waals surface area contributed by atoms with Gasteiger partial charge in [-0.1, -0.05) is 0 Å².